The number of thioether (sulfide) groups is 1. The van der Waals surface area contributed by atoms with Crippen LogP contribution in [-0.4, -0.2) is 16.8 Å². The van der Waals surface area contributed by atoms with E-state index in [2.05, 4.69) is 18.2 Å². The molecule has 1 atom stereocenters. The number of hydrogen-bond donors (Lipinski definition) is 1. The maximum atomic E-state index is 10.8. The molecular weight excluding hydrogens is 196 g/mol. The van der Waals surface area contributed by atoms with E-state index in [1.54, 1.807) is 11.8 Å². The predicted molar refractivity (Wildman–Crippen MR) is 56.7 cm³/mol. The number of aliphatic carboxylic acids is 1. The van der Waals surface area contributed by atoms with Crippen LogP contribution >= 0.6 is 11.8 Å². The van der Waals surface area contributed by atoms with Crippen LogP contribution in [0.5, 0.6) is 0 Å². The van der Waals surface area contributed by atoms with E-state index in [0.29, 0.717) is 12.2 Å². The molecule has 0 fully saturated rings. The van der Waals surface area contributed by atoms with Gasteiger partial charge in [-0.1, -0.05) is 17.7 Å². The van der Waals surface area contributed by atoms with Crippen LogP contribution in [0.15, 0.2) is 23.1 Å². The molecule has 1 unspecified atom stereocenters. The van der Waals surface area contributed by atoms with Gasteiger partial charge in [0.05, 0.1) is 5.92 Å². The summed E-state index contributed by atoms with van der Waals surface area (Å²) >= 11 is 1.65. The number of fused-ring (bicyclic) bond motifs is 1. The Balaban J connectivity index is 2.29. The molecule has 0 aromatic heterocycles. The van der Waals surface area contributed by atoms with Gasteiger partial charge in [0.25, 0.3) is 0 Å². The Morgan fingerprint density at radius 1 is 1.57 bits per heavy atom. The van der Waals surface area contributed by atoms with Gasteiger partial charge in [-0.25, -0.2) is 0 Å². The number of carbonyl (C=O) groups is 1. The molecule has 14 heavy (non-hydrogen) atoms. The van der Waals surface area contributed by atoms with Gasteiger partial charge in [0, 0.05) is 10.6 Å². The molecule has 1 aromatic carbocycles. The highest BCUT2D eigenvalue weighted by Gasteiger charge is 2.24. The quantitative estimate of drug-likeness (QED) is 0.769. The Bertz CT molecular complexity index is 374. The number of rotatable bonds is 1. The molecule has 2 rings (SSSR count). The van der Waals surface area contributed by atoms with Crippen molar-refractivity contribution in [1.29, 1.82) is 0 Å². The predicted octanol–water partition coefficient (Wildman–Crippen LogP) is 2.34. The maximum absolute atomic E-state index is 10.8. The molecule has 3 heteroatoms. The average Bonchev–Trinajstić information content (AvgIpc) is 2.16. The van der Waals surface area contributed by atoms with Crippen LogP contribution in [0.1, 0.15) is 11.1 Å². The van der Waals surface area contributed by atoms with Gasteiger partial charge in [-0.3, -0.25) is 4.79 Å². The minimum Gasteiger partial charge on any atom is -0.481 e. The smallest absolute Gasteiger partial charge is 0.307 e. The van der Waals surface area contributed by atoms with Crippen LogP contribution in [0.25, 0.3) is 0 Å². The van der Waals surface area contributed by atoms with Crippen LogP contribution in [0.4, 0.5) is 0 Å². The molecule has 1 aliphatic rings. The Hall–Kier alpha value is -0.960. The number of aryl methyl sites for hydroxylation is 1. The second-order valence-electron chi connectivity index (χ2n) is 3.66. The lowest BCUT2D eigenvalue weighted by Crippen LogP contribution is -2.22. The summed E-state index contributed by atoms with van der Waals surface area (Å²) in [5.41, 5.74) is 2.39. The van der Waals surface area contributed by atoms with E-state index in [4.69, 9.17) is 5.11 Å². The summed E-state index contributed by atoms with van der Waals surface area (Å²) in [6.45, 7) is 2.04. The second-order valence-corrected chi connectivity index (χ2v) is 4.72. The van der Waals surface area contributed by atoms with Crippen molar-refractivity contribution in [3.8, 4) is 0 Å². The number of hydrogen-bond acceptors (Lipinski definition) is 2. The van der Waals surface area contributed by atoms with Crippen molar-refractivity contribution in [3.63, 3.8) is 0 Å². The third-order valence-corrected chi connectivity index (χ3v) is 3.75. The highest BCUT2D eigenvalue weighted by molar-refractivity contribution is 7.99. The number of carboxylic acid groups (broad SMARTS) is 1. The highest BCUT2D eigenvalue weighted by atomic mass is 32.2. The molecule has 1 N–H and O–H groups in total. The van der Waals surface area contributed by atoms with Crippen molar-refractivity contribution in [2.45, 2.75) is 18.2 Å². The summed E-state index contributed by atoms with van der Waals surface area (Å²) in [7, 11) is 0. The van der Waals surface area contributed by atoms with Gasteiger partial charge in [0.15, 0.2) is 0 Å². The van der Waals surface area contributed by atoms with Gasteiger partial charge in [-0.05, 0) is 25.0 Å². The summed E-state index contributed by atoms with van der Waals surface area (Å²) in [6.07, 6.45) is 0.680. The van der Waals surface area contributed by atoms with E-state index in [9.17, 15) is 4.79 Å². The molecule has 0 spiro atoms. The van der Waals surface area contributed by atoms with Crippen molar-refractivity contribution in [1.82, 2.24) is 0 Å². The summed E-state index contributed by atoms with van der Waals surface area (Å²) in [4.78, 5) is 12.1. The Kier molecular flexibility index (Phi) is 2.50. The molecule has 0 saturated heterocycles. The summed E-state index contributed by atoms with van der Waals surface area (Å²) < 4.78 is 0. The standard InChI is InChI=1S/C11H12O2S/c1-7-2-3-10-8(4-7)5-9(6-14-10)11(12)13/h2-4,9H,5-6H2,1H3,(H,12,13). The molecule has 74 valence electrons. The molecule has 0 aliphatic carbocycles. The second kappa shape index (κ2) is 3.65. The SMILES string of the molecule is Cc1ccc2c(c1)CC(C(=O)O)CS2. The van der Waals surface area contributed by atoms with Crippen LogP contribution in [0.3, 0.4) is 0 Å². The van der Waals surface area contributed by atoms with Gasteiger partial charge in [-0.2, -0.15) is 0 Å². The minimum absolute atomic E-state index is 0.214. The lowest BCUT2D eigenvalue weighted by Gasteiger charge is -2.21. The fourth-order valence-electron chi connectivity index (χ4n) is 1.68. The maximum Gasteiger partial charge on any atom is 0.307 e. The van der Waals surface area contributed by atoms with Gasteiger partial charge < -0.3 is 5.11 Å². The van der Waals surface area contributed by atoms with Crippen molar-refractivity contribution >= 4 is 17.7 Å². The first-order chi connectivity index (χ1) is 6.66. The molecule has 0 radical (unpaired) electrons. The van der Waals surface area contributed by atoms with Crippen LogP contribution in [-0.2, 0) is 11.2 Å². The van der Waals surface area contributed by atoms with Crippen LogP contribution in [0.2, 0.25) is 0 Å². The summed E-state index contributed by atoms with van der Waals surface area (Å²) in [5.74, 6) is -0.190. The Labute approximate surface area is 87.3 Å². The molecule has 0 saturated carbocycles. The first-order valence-corrected chi connectivity index (χ1v) is 5.60. The lowest BCUT2D eigenvalue weighted by molar-refractivity contribution is -0.140. The fourth-order valence-corrected chi connectivity index (χ4v) is 2.82. The van der Waals surface area contributed by atoms with E-state index in [1.807, 2.05) is 6.92 Å². The van der Waals surface area contributed by atoms with Crippen LogP contribution in [0, 0.1) is 12.8 Å². The van der Waals surface area contributed by atoms with Crippen molar-refractivity contribution in [3.05, 3.63) is 29.3 Å². The van der Waals surface area contributed by atoms with Crippen molar-refractivity contribution in [2.75, 3.05) is 5.75 Å². The van der Waals surface area contributed by atoms with Crippen molar-refractivity contribution < 1.29 is 9.90 Å². The van der Waals surface area contributed by atoms with Gasteiger partial charge in [0.1, 0.15) is 0 Å². The molecule has 2 nitrogen and oxygen atoms in total. The zero-order chi connectivity index (χ0) is 10.1. The van der Waals surface area contributed by atoms with Crippen molar-refractivity contribution in [2.24, 2.45) is 5.92 Å². The van der Waals surface area contributed by atoms with E-state index in [-0.39, 0.29) is 5.92 Å². The molecular formula is C11H12O2S. The van der Waals surface area contributed by atoms with Gasteiger partial charge >= 0.3 is 5.97 Å². The van der Waals surface area contributed by atoms with E-state index < -0.39 is 5.97 Å². The first kappa shape index (κ1) is 9.59. The highest BCUT2D eigenvalue weighted by Crippen LogP contribution is 2.33. The van der Waals surface area contributed by atoms with E-state index in [1.165, 1.54) is 16.0 Å². The van der Waals surface area contributed by atoms with Crippen LogP contribution < -0.4 is 0 Å². The molecule has 1 aromatic rings. The largest absolute Gasteiger partial charge is 0.481 e. The number of carboxylic acids is 1. The van der Waals surface area contributed by atoms with E-state index >= 15 is 0 Å². The molecule has 1 aliphatic heterocycles. The van der Waals surface area contributed by atoms with Gasteiger partial charge in [0.2, 0.25) is 0 Å². The summed E-state index contributed by atoms with van der Waals surface area (Å²) in [5, 5.41) is 8.92. The number of benzene rings is 1. The first-order valence-electron chi connectivity index (χ1n) is 4.62. The Morgan fingerprint density at radius 2 is 2.36 bits per heavy atom. The van der Waals surface area contributed by atoms with Gasteiger partial charge in [-0.15, -0.1) is 11.8 Å². The molecule has 0 amide bonds. The lowest BCUT2D eigenvalue weighted by atomic mass is 9.99. The van der Waals surface area contributed by atoms with E-state index in [0.717, 1.165) is 0 Å². The third kappa shape index (κ3) is 1.77. The molecule has 1 heterocycles. The summed E-state index contributed by atoms with van der Waals surface area (Å²) in [6, 6.07) is 6.26. The average molecular weight is 208 g/mol. The zero-order valence-corrected chi connectivity index (χ0v) is 8.80. The normalized spacial score (nSPS) is 20.2. The minimum atomic E-state index is -0.676. The zero-order valence-electron chi connectivity index (χ0n) is 7.99. The third-order valence-electron chi connectivity index (χ3n) is 2.47. The Morgan fingerprint density at radius 3 is 3.07 bits per heavy atom. The topological polar surface area (TPSA) is 37.3 Å². The molecule has 0 bridgehead atoms. The monoisotopic (exact) mass is 208 g/mol. The fraction of sp³-hybridized carbons (Fsp3) is 0.364.